The van der Waals surface area contributed by atoms with E-state index < -0.39 is 10.0 Å². The standard InChI is InChI=1S/C16H17N3O3S/c20-23(21,12-9-14-5-2-1-3-6-14)19-11-8-15(13-19)22-16-7-4-10-17-18-16/h1-7,9-10,12,15H,8,11,13H2/b12-9+. The van der Waals surface area contributed by atoms with Crippen molar-refractivity contribution in [2.24, 2.45) is 0 Å². The Morgan fingerprint density at radius 2 is 2.00 bits per heavy atom. The van der Waals surface area contributed by atoms with Gasteiger partial charge in [0.2, 0.25) is 15.9 Å². The SMILES string of the molecule is O=S(=O)(/C=C/c1ccccc1)N1CCC(Oc2cccnn2)C1. The van der Waals surface area contributed by atoms with E-state index in [1.54, 1.807) is 24.4 Å². The molecule has 1 fully saturated rings. The Balaban J connectivity index is 1.62. The first kappa shape index (κ1) is 15.6. The van der Waals surface area contributed by atoms with Crippen LogP contribution in [0, 0.1) is 0 Å². The molecule has 120 valence electrons. The molecule has 0 saturated carbocycles. The molecular weight excluding hydrogens is 314 g/mol. The molecule has 1 aromatic carbocycles. The van der Waals surface area contributed by atoms with Crippen molar-refractivity contribution in [2.45, 2.75) is 12.5 Å². The van der Waals surface area contributed by atoms with Gasteiger partial charge in [-0.3, -0.25) is 0 Å². The van der Waals surface area contributed by atoms with Crippen LogP contribution in [0.25, 0.3) is 6.08 Å². The second-order valence-electron chi connectivity index (χ2n) is 5.21. The third-order valence-electron chi connectivity index (χ3n) is 3.53. The zero-order chi connectivity index (χ0) is 16.1. The highest BCUT2D eigenvalue weighted by Crippen LogP contribution is 2.19. The predicted octanol–water partition coefficient (Wildman–Crippen LogP) is 1.93. The second kappa shape index (κ2) is 6.89. The summed E-state index contributed by atoms with van der Waals surface area (Å²) < 4.78 is 31.8. The lowest BCUT2D eigenvalue weighted by Crippen LogP contribution is -2.29. The van der Waals surface area contributed by atoms with E-state index in [9.17, 15) is 8.42 Å². The van der Waals surface area contributed by atoms with Gasteiger partial charge in [-0.05, 0) is 24.1 Å². The van der Waals surface area contributed by atoms with Crippen molar-refractivity contribution in [1.29, 1.82) is 0 Å². The van der Waals surface area contributed by atoms with Crippen LogP contribution in [-0.4, -0.2) is 42.1 Å². The van der Waals surface area contributed by atoms with E-state index in [1.165, 1.54) is 9.71 Å². The summed E-state index contributed by atoms with van der Waals surface area (Å²) in [7, 11) is -3.45. The molecule has 0 spiro atoms. The minimum Gasteiger partial charge on any atom is -0.472 e. The maximum Gasteiger partial charge on any atom is 0.236 e. The van der Waals surface area contributed by atoms with Crippen molar-refractivity contribution in [1.82, 2.24) is 14.5 Å². The molecule has 0 bridgehead atoms. The van der Waals surface area contributed by atoms with Crippen LogP contribution < -0.4 is 4.74 Å². The Morgan fingerprint density at radius 3 is 2.74 bits per heavy atom. The molecule has 1 aliphatic heterocycles. The van der Waals surface area contributed by atoms with Crippen molar-refractivity contribution < 1.29 is 13.2 Å². The van der Waals surface area contributed by atoms with E-state index in [1.807, 2.05) is 30.3 Å². The lowest BCUT2D eigenvalue weighted by molar-refractivity contribution is 0.205. The fraction of sp³-hybridized carbons (Fsp3) is 0.250. The molecule has 0 aliphatic carbocycles. The van der Waals surface area contributed by atoms with Gasteiger partial charge in [-0.25, -0.2) is 8.42 Å². The molecule has 0 radical (unpaired) electrons. The fourth-order valence-electron chi connectivity index (χ4n) is 2.36. The van der Waals surface area contributed by atoms with Gasteiger partial charge in [0.15, 0.2) is 0 Å². The number of rotatable bonds is 5. The summed E-state index contributed by atoms with van der Waals surface area (Å²) in [5, 5.41) is 8.83. The summed E-state index contributed by atoms with van der Waals surface area (Å²) in [4.78, 5) is 0. The van der Waals surface area contributed by atoms with Gasteiger partial charge in [0.1, 0.15) is 6.10 Å². The van der Waals surface area contributed by atoms with E-state index in [-0.39, 0.29) is 6.10 Å². The highest BCUT2D eigenvalue weighted by atomic mass is 32.2. The third-order valence-corrected chi connectivity index (χ3v) is 5.07. The highest BCUT2D eigenvalue weighted by Gasteiger charge is 2.31. The van der Waals surface area contributed by atoms with Crippen molar-refractivity contribution in [2.75, 3.05) is 13.1 Å². The molecule has 2 aromatic rings. The summed E-state index contributed by atoms with van der Waals surface area (Å²) in [6.07, 6.45) is 3.60. The fourth-order valence-corrected chi connectivity index (χ4v) is 3.60. The maximum atomic E-state index is 12.4. The van der Waals surface area contributed by atoms with Crippen LogP contribution in [-0.2, 0) is 10.0 Å². The summed E-state index contributed by atoms with van der Waals surface area (Å²) in [5.41, 5.74) is 0.850. The zero-order valence-electron chi connectivity index (χ0n) is 12.4. The quantitative estimate of drug-likeness (QED) is 0.837. The Bertz CT molecular complexity index is 764. The first-order valence-corrected chi connectivity index (χ1v) is 8.81. The summed E-state index contributed by atoms with van der Waals surface area (Å²) in [6.45, 7) is 0.754. The Labute approximate surface area is 135 Å². The minimum atomic E-state index is -3.45. The number of nitrogens with zero attached hydrogens (tertiary/aromatic N) is 3. The van der Waals surface area contributed by atoms with Gasteiger partial charge in [-0.1, -0.05) is 30.3 Å². The molecule has 1 aliphatic rings. The molecule has 1 unspecified atom stereocenters. The van der Waals surface area contributed by atoms with Crippen molar-refractivity contribution in [3.8, 4) is 5.88 Å². The van der Waals surface area contributed by atoms with Crippen LogP contribution >= 0.6 is 0 Å². The molecule has 3 rings (SSSR count). The van der Waals surface area contributed by atoms with E-state index >= 15 is 0 Å². The van der Waals surface area contributed by atoms with Crippen LogP contribution in [0.1, 0.15) is 12.0 Å². The number of aromatic nitrogens is 2. The van der Waals surface area contributed by atoms with Gasteiger partial charge >= 0.3 is 0 Å². The lowest BCUT2D eigenvalue weighted by Gasteiger charge is -2.14. The Hall–Kier alpha value is -2.25. The summed E-state index contributed by atoms with van der Waals surface area (Å²) in [5.74, 6) is 0.413. The first-order chi connectivity index (χ1) is 11.1. The van der Waals surface area contributed by atoms with Crippen molar-refractivity contribution in [3.63, 3.8) is 0 Å². The van der Waals surface area contributed by atoms with Crippen LogP contribution in [0.2, 0.25) is 0 Å². The molecule has 0 amide bonds. The number of hydrogen-bond acceptors (Lipinski definition) is 5. The zero-order valence-corrected chi connectivity index (χ0v) is 13.3. The molecule has 1 aromatic heterocycles. The summed E-state index contributed by atoms with van der Waals surface area (Å²) >= 11 is 0. The average Bonchev–Trinajstić information content (AvgIpc) is 3.04. The first-order valence-electron chi connectivity index (χ1n) is 7.31. The molecule has 6 nitrogen and oxygen atoms in total. The Morgan fingerprint density at radius 1 is 1.17 bits per heavy atom. The van der Waals surface area contributed by atoms with Crippen LogP contribution in [0.3, 0.4) is 0 Å². The number of benzene rings is 1. The minimum absolute atomic E-state index is 0.202. The van der Waals surface area contributed by atoms with E-state index in [0.29, 0.717) is 25.4 Å². The Kier molecular flexibility index (Phi) is 4.68. The van der Waals surface area contributed by atoms with Gasteiger partial charge in [0, 0.05) is 24.2 Å². The molecule has 2 heterocycles. The van der Waals surface area contributed by atoms with Gasteiger partial charge in [0.05, 0.1) is 6.54 Å². The summed E-state index contributed by atoms with van der Waals surface area (Å²) in [6, 6.07) is 12.8. The van der Waals surface area contributed by atoms with Crippen LogP contribution in [0.4, 0.5) is 0 Å². The molecule has 1 saturated heterocycles. The molecule has 1 atom stereocenters. The van der Waals surface area contributed by atoms with Crippen molar-refractivity contribution >= 4 is 16.1 Å². The maximum absolute atomic E-state index is 12.4. The molecule has 7 heteroatoms. The average molecular weight is 331 g/mol. The van der Waals surface area contributed by atoms with Gasteiger partial charge in [0.25, 0.3) is 0 Å². The van der Waals surface area contributed by atoms with Gasteiger partial charge < -0.3 is 4.74 Å². The second-order valence-corrected chi connectivity index (χ2v) is 7.03. The molecule has 23 heavy (non-hydrogen) atoms. The molecule has 0 N–H and O–H groups in total. The highest BCUT2D eigenvalue weighted by molar-refractivity contribution is 7.92. The van der Waals surface area contributed by atoms with E-state index in [4.69, 9.17) is 4.74 Å². The van der Waals surface area contributed by atoms with E-state index in [0.717, 1.165) is 5.56 Å². The van der Waals surface area contributed by atoms with Gasteiger partial charge in [-0.15, -0.1) is 5.10 Å². The van der Waals surface area contributed by atoms with Gasteiger partial charge in [-0.2, -0.15) is 9.40 Å². The third kappa shape index (κ3) is 4.14. The number of sulfonamides is 1. The van der Waals surface area contributed by atoms with Crippen LogP contribution in [0.5, 0.6) is 5.88 Å². The van der Waals surface area contributed by atoms with Crippen molar-refractivity contribution in [3.05, 3.63) is 59.6 Å². The van der Waals surface area contributed by atoms with Crippen LogP contribution in [0.15, 0.2) is 54.1 Å². The lowest BCUT2D eigenvalue weighted by atomic mass is 10.2. The number of ether oxygens (including phenoxy) is 1. The largest absolute Gasteiger partial charge is 0.472 e. The smallest absolute Gasteiger partial charge is 0.236 e. The number of hydrogen-bond donors (Lipinski definition) is 0. The monoisotopic (exact) mass is 331 g/mol. The normalized spacial score (nSPS) is 19.2. The predicted molar refractivity (Wildman–Crippen MR) is 87.0 cm³/mol. The van der Waals surface area contributed by atoms with E-state index in [2.05, 4.69) is 10.2 Å². The topological polar surface area (TPSA) is 72.4 Å². The molecular formula is C16H17N3O3S.